The standard InChI is InChI=1S/C15H14BrFIN/c1-2-19-15(10-5-3-6-11(18)9-10)12-7-4-8-13(16)14(12)17/h3-9,15,19H,2H2,1H3. The zero-order chi connectivity index (χ0) is 13.8. The maximum Gasteiger partial charge on any atom is 0.142 e. The number of rotatable bonds is 4. The molecule has 0 radical (unpaired) electrons. The van der Waals surface area contributed by atoms with Crippen LogP contribution in [0.4, 0.5) is 4.39 Å². The molecule has 0 aliphatic heterocycles. The molecule has 2 aromatic carbocycles. The maximum atomic E-state index is 14.3. The Kier molecular flexibility index (Phi) is 5.36. The number of benzene rings is 2. The minimum Gasteiger partial charge on any atom is -0.306 e. The summed E-state index contributed by atoms with van der Waals surface area (Å²) in [6.07, 6.45) is 0. The van der Waals surface area contributed by atoms with E-state index in [9.17, 15) is 4.39 Å². The average Bonchev–Trinajstić information content (AvgIpc) is 2.40. The predicted molar refractivity (Wildman–Crippen MR) is 88.8 cm³/mol. The van der Waals surface area contributed by atoms with Crippen LogP contribution < -0.4 is 5.32 Å². The van der Waals surface area contributed by atoms with Gasteiger partial charge in [0.2, 0.25) is 0 Å². The Labute approximate surface area is 134 Å². The van der Waals surface area contributed by atoms with E-state index >= 15 is 0 Å². The summed E-state index contributed by atoms with van der Waals surface area (Å²) in [7, 11) is 0. The van der Waals surface area contributed by atoms with E-state index in [4.69, 9.17) is 0 Å². The van der Waals surface area contributed by atoms with Crippen molar-refractivity contribution >= 4 is 38.5 Å². The number of hydrogen-bond donors (Lipinski definition) is 1. The van der Waals surface area contributed by atoms with Crippen LogP contribution in [0.1, 0.15) is 24.1 Å². The van der Waals surface area contributed by atoms with Gasteiger partial charge in [-0.05, 0) is 68.8 Å². The van der Waals surface area contributed by atoms with Crippen LogP contribution in [-0.2, 0) is 0 Å². The Morgan fingerprint density at radius 1 is 1.26 bits per heavy atom. The minimum atomic E-state index is -0.202. The second-order valence-corrected chi connectivity index (χ2v) is 6.29. The van der Waals surface area contributed by atoms with Crippen molar-refractivity contribution in [2.45, 2.75) is 13.0 Å². The lowest BCUT2D eigenvalue weighted by molar-refractivity contribution is 0.555. The molecule has 2 rings (SSSR count). The molecule has 0 saturated heterocycles. The van der Waals surface area contributed by atoms with Crippen LogP contribution in [0.3, 0.4) is 0 Å². The van der Waals surface area contributed by atoms with Crippen LogP contribution in [0.5, 0.6) is 0 Å². The minimum absolute atomic E-state index is 0.128. The van der Waals surface area contributed by atoms with E-state index in [0.29, 0.717) is 10.0 Å². The molecular weight excluding hydrogens is 420 g/mol. The Hall–Kier alpha value is -0.460. The highest BCUT2D eigenvalue weighted by atomic mass is 127. The summed E-state index contributed by atoms with van der Waals surface area (Å²) in [5, 5.41) is 3.35. The zero-order valence-electron chi connectivity index (χ0n) is 10.5. The van der Waals surface area contributed by atoms with Crippen LogP contribution in [0.25, 0.3) is 0 Å². The molecule has 4 heteroatoms. The fraction of sp³-hybridized carbons (Fsp3) is 0.200. The normalized spacial score (nSPS) is 12.4. The topological polar surface area (TPSA) is 12.0 Å². The highest BCUT2D eigenvalue weighted by Gasteiger charge is 2.18. The monoisotopic (exact) mass is 433 g/mol. The first kappa shape index (κ1) is 14.9. The molecule has 100 valence electrons. The third-order valence-corrected chi connectivity index (χ3v) is 4.17. The Bertz CT molecular complexity index is 574. The van der Waals surface area contributed by atoms with E-state index in [1.54, 1.807) is 6.07 Å². The number of nitrogens with one attached hydrogen (secondary N) is 1. The first-order valence-electron chi connectivity index (χ1n) is 6.06. The lowest BCUT2D eigenvalue weighted by Gasteiger charge is -2.20. The van der Waals surface area contributed by atoms with Gasteiger partial charge >= 0.3 is 0 Å². The SMILES string of the molecule is CCNC(c1cccc(I)c1)c1cccc(Br)c1F. The van der Waals surface area contributed by atoms with Gasteiger partial charge in [-0.2, -0.15) is 0 Å². The van der Waals surface area contributed by atoms with Crippen molar-refractivity contribution in [1.82, 2.24) is 5.32 Å². The molecule has 0 amide bonds. The first-order chi connectivity index (χ1) is 9.13. The van der Waals surface area contributed by atoms with Gasteiger partial charge in [0.05, 0.1) is 10.5 Å². The molecule has 0 aromatic heterocycles. The second kappa shape index (κ2) is 6.81. The molecule has 1 unspecified atom stereocenters. The lowest BCUT2D eigenvalue weighted by atomic mass is 9.98. The van der Waals surface area contributed by atoms with E-state index in [1.165, 1.54) is 0 Å². The average molecular weight is 434 g/mol. The summed E-state index contributed by atoms with van der Waals surface area (Å²) in [6, 6.07) is 13.4. The van der Waals surface area contributed by atoms with Crippen molar-refractivity contribution in [3.8, 4) is 0 Å². The molecule has 0 fully saturated rings. The summed E-state index contributed by atoms with van der Waals surface area (Å²) in [4.78, 5) is 0. The fourth-order valence-corrected chi connectivity index (χ4v) is 2.99. The molecule has 19 heavy (non-hydrogen) atoms. The van der Waals surface area contributed by atoms with E-state index in [1.807, 2.05) is 37.3 Å². The zero-order valence-corrected chi connectivity index (χ0v) is 14.2. The Morgan fingerprint density at radius 2 is 2.00 bits per heavy atom. The highest BCUT2D eigenvalue weighted by molar-refractivity contribution is 14.1. The summed E-state index contributed by atoms with van der Waals surface area (Å²) in [6.45, 7) is 2.80. The van der Waals surface area contributed by atoms with Gasteiger partial charge in [0, 0.05) is 9.13 Å². The van der Waals surface area contributed by atoms with Crippen LogP contribution >= 0.6 is 38.5 Å². The third-order valence-electron chi connectivity index (χ3n) is 2.88. The molecule has 1 nitrogen and oxygen atoms in total. The molecule has 0 saturated carbocycles. The molecule has 0 spiro atoms. The molecule has 2 aromatic rings. The van der Waals surface area contributed by atoms with Gasteiger partial charge in [0.25, 0.3) is 0 Å². The van der Waals surface area contributed by atoms with E-state index in [-0.39, 0.29) is 11.9 Å². The third kappa shape index (κ3) is 3.55. The van der Waals surface area contributed by atoms with E-state index in [2.05, 4.69) is 49.9 Å². The first-order valence-corrected chi connectivity index (χ1v) is 7.93. The molecule has 0 aliphatic carbocycles. The molecule has 1 atom stereocenters. The van der Waals surface area contributed by atoms with Crippen molar-refractivity contribution in [1.29, 1.82) is 0 Å². The van der Waals surface area contributed by atoms with Crippen LogP contribution in [-0.4, -0.2) is 6.54 Å². The Morgan fingerprint density at radius 3 is 2.68 bits per heavy atom. The van der Waals surface area contributed by atoms with Gasteiger partial charge < -0.3 is 5.32 Å². The van der Waals surface area contributed by atoms with E-state index in [0.717, 1.165) is 15.7 Å². The van der Waals surface area contributed by atoms with Gasteiger partial charge in [-0.15, -0.1) is 0 Å². The van der Waals surface area contributed by atoms with Crippen LogP contribution in [0, 0.1) is 9.39 Å². The van der Waals surface area contributed by atoms with Crippen LogP contribution in [0.2, 0.25) is 0 Å². The molecule has 0 aliphatic rings. The van der Waals surface area contributed by atoms with Crippen molar-refractivity contribution in [3.05, 3.63) is 67.5 Å². The predicted octanol–water partition coefficient (Wildman–Crippen LogP) is 4.89. The molecule has 1 N–H and O–H groups in total. The quantitative estimate of drug-likeness (QED) is 0.676. The Balaban J connectivity index is 2.48. The van der Waals surface area contributed by atoms with Gasteiger partial charge in [-0.3, -0.25) is 0 Å². The second-order valence-electron chi connectivity index (χ2n) is 4.19. The van der Waals surface area contributed by atoms with Crippen molar-refractivity contribution in [2.75, 3.05) is 6.54 Å². The summed E-state index contributed by atoms with van der Waals surface area (Å²) in [5.74, 6) is -0.202. The smallest absolute Gasteiger partial charge is 0.142 e. The fourth-order valence-electron chi connectivity index (χ4n) is 2.04. The van der Waals surface area contributed by atoms with Gasteiger partial charge in [0.15, 0.2) is 0 Å². The number of hydrogen-bond acceptors (Lipinski definition) is 1. The molecule has 0 bridgehead atoms. The molecule has 0 heterocycles. The lowest BCUT2D eigenvalue weighted by Crippen LogP contribution is -2.23. The summed E-state index contributed by atoms with van der Waals surface area (Å²) < 4.78 is 15.9. The summed E-state index contributed by atoms with van der Waals surface area (Å²) in [5.41, 5.74) is 1.74. The van der Waals surface area contributed by atoms with Crippen molar-refractivity contribution in [3.63, 3.8) is 0 Å². The van der Waals surface area contributed by atoms with Crippen LogP contribution in [0.15, 0.2) is 46.9 Å². The van der Waals surface area contributed by atoms with Gasteiger partial charge in [0.1, 0.15) is 5.82 Å². The largest absolute Gasteiger partial charge is 0.306 e. The van der Waals surface area contributed by atoms with Gasteiger partial charge in [-0.1, -0.05) is 31.2 Å². The number of halogens is 3. The van der Waals surface area contributed by atoms with Gasteiger partial charge in [-0.25, -0.2) is 4.39 Å². The maximum absolute atomic E-state index is 14.3. The van der Waals surface area contributed by atoms with Crippen molar-refractivity contribution < 1.29 is 4.39 Å². The van der Waals surface area contributed by atoms with E-state index < -0.39 is 0 Å². The highest BCUT2D eigenvalue weighted by Crippen LogP contribution is 2.29. The summed E-state index contributed by atoms with van der Waals surface area (Å²) >= 11 is 5.52. The molecular formula is C15H14BrFIN. The van der Waals surface area contributed by atoms with Crippen molar-refractivity contribution in [2.24, 2.45) is 0 Å².